The van der Waals surface area contributed by atoms with Crippen LogP contribution in [0.4, 0.5) is 0 Å². The number of rotatable bonds is 4. The molecule has 0 amide bonds. The second-order valence-electron chi connectivity index (χ2n) is 5.33. The van der Waals surface area contributed by atoms with Crippen LogP contribution in [0.25, 0.3) is 0 Å². The lowest BCUT2D eigenvalue weighted by Gasteiger charge is -2.43. The zero-order chi connectivity index (χ0) is 14.8. The Labute approximate surface area is 139 Å². The molecule has 0 radical (unpaired) electrons. The van der Waals surface area contributed by atoms with Gasteiger partial charge in [-0.05, 0) is 20.3 Å². The van der Waals surface area contributed by atoms with E-state index in [1.165, 1.54) is 0 Å². The van der Waals surface area contributed by atoms with Crippen LogP contribution in [-0.2, 0) is 9.47 Å². The molecule has 0 aliphatic heterocycles. The fourth-order valence-electron chi connectivity index (χ4n) is 3.99. The predicted molar refractivity (Wildman–Crippen MR) is 82.6 cm³/mol. The lowest BCUT2D eigenvalue weighted by molar-refractivity contribution is -0.245. The van der Waals surface area contributed by atoms with Crippen LogP contribution in [0, 0.1) is 11.8 Å². The molecule has 0 spiro atoms. The zero-order valence-electron chi connectivity index (χ0n) is 11.3. The van der Waals surface area contributed by atoms with E-state index in [0.717, 1.165) is 6.42 Å². The van der Waals surface area contributed by atoms with Gasteiger partial charge in [0.2, 0.25) is 5.79 Å². The Balaban J connectivity index is 2.25. The van der Waals surface area contributed by atoms with Crippen molar-refractivity contribution in [1.82, 2.24) is 0 Å². The van der Waals surface area contributed by atoms with E-state index in [1.54, 1.807) is 0 Å². The van der Waals surface area contributed by atoms with Crippen molar-refractivity contribution in [2.24, 2.45) is 11.8 Å². The van der Waals surface area contributed by atoms with E-state index in [-0.39, 0.29) is 11.8 Å². The third-order valence-electron chi connectivity index (χ3n) is 4.62. The molecule has 1 saturated carbocycles. The van der Waals surface area contributed by atoms with Crippen molar-refractivity contribution >= 4 is 46.4 Å². The van der Waals surface area contributed by atoms with Crippen molar-refractivity contribution in [3.63, 3.8) is 0 Å². The summed E-state index contributed by atoms with van der Waals surface area (Å²) in [5.74, 6) is -1.22. The van der Waals surface area contributed by atoms with Crippen LogP contribution in [0.1, 0.15) is 20.3 Å². The number of allylic oxidation sites excluding steroid dienone is 2. The molecule has 0 unspecified atom stereocenters. The lowest BCUT2D eigenvalue weighted by atomic mass is 9.84. The quantitative estimate of drug-likeness (QED) is 0.415. The largest absolute Gasteiger partial charge is 0.346 e. The van der Waals surface area contributed by atoms with Crippen molar-refractivity contribution in [2.75, 3.05) is 13.2 Å². The molecular weight excluding hydrogens is 342 g/mol. The third kappa shape index (κ3) is 1.37. The summed E-state index contributed by atoms with van der Waals surface area (Å²) in [4.78, 5) is -2.09. The summed E-state index contributed by atoms with van der Waals surface area (Å²) in [6.45, 7) is 4.60. The molecule has 0 heterocycles. The first-order valence-electron chi connectivity index (χ1n) is 6.80. The number of ether oxygens (including phenoxy) is 2. The van der Waals surface area contributed by atoms with Crippen molar-refractivity contribution in [1.29, 1.82) is 0 Å². The van der Waals surface area contributed by atoms with Crippen molar-refractivity contribution in [3.05, 3.63) is 22.2 Å². The van der Waals surface area contributed by atoms with E-state index < -0.39 is 15.5 Å². The van der Waals surface area contributed by atoms with Crippen molar-refractivity contribution in [3.8, 4) is 0 Å². The Bertz CT molecular complexity index is 497. The van der Waals surface area contributed by atoms with Gasteiger partial charge in [-0.2, -0.15) is 0 Å². The molecule has 0 aromatic heterocycles. The van der Waals surface area contributed by atoms with E-state index in [4.69, 9.17) is 55.9 Å². The molecule has 112 valence electrons. The first kappa shape index (κ1) is 15.5. The summed E-state index contributed by atoms with van der Waals surface area (Å²) in [5.41, 5.74) is 0. The average molecular weight is 358 g/mol. The first-order chi connectivity index (χ1) is 9.41. The number of alkyl halides is 2. The molecule has 0 N–H and O–H groups in total. The fourth-order valence-corrected chi connectivity index (χ4v) is 6.10. The number of halogens is 4. The van der Waals surface area contributed by atoms with Crippen LogP contribution >= 0.6 is 46.4 Å². The van der Waals surface area contributed by atoms with Gasteiger partial charge in [0.15, 0.2) is 0 Å². The second kappa shape index (κ2) is 4.78. The van der Waals surface area contributed by atoms with Gasteiger partial charge in [-0.25, -0.2) is 0 Å². The SMILES string of the molecule is CCOC1(OCC)[C@@]2(Cl)C(Cl)=C(Cl)[C@@]1(Cl)[C@H]1CC=C[C@@H]12. The molecule has 0 saturated heterocycles. The predicted octanol–water partition coefficient (Wildman–Crippen LogP) is 4.62. The topological polar surface area (TPSA) is 18.5 Å². The van der Waals surface area contributed by atoms with Crippen LogP contribution in [0.15, 0.2) is 22.2 Å². The van der Waals surface area contributed by atoms with Gasteiger partial charge in [0, 0.05) is 25.0 Å². The summed E-state index contributed by atoms with van der Waals surface area (Å²) < 4.78 is 11.9. The molecule has 0 aromatic carbocycles. The van der Waals surface area contributed by atoms with Crippen LogP contribution < -0.4 is 0 Å². The highest BCUT2D eigenvalue weighted by molar-refractivity contribution is 6.52. The number of hydrogen-bond acceptors (Lipinski definition) is 2. The Morgan fingerprint density at radius 3 is 2.20 bits per heavy atom. The van der Waals surface area contributed by atoms with Gasteiger partial charge in [0.05, 0.1) is 10.1 Å². The Hall–Kier alpha value is 0.560. The maximum Gasteiger partial charge on any atom is 0.218 e. The normalized spacial score (nSPS) is 44.5. The zero-order valence-corrected chi connectivity index (χ0v) is 14.3. The van der Waals surface area contributed by atoms with E-state index in [9.17, 15) is 0 Å². The van der Waals surface area contributed by atoms with E-state index in [0.29, 0.717) is 23.3 Å². The van der Waals surface area contributed by atoms with Crippen molar-refractivity contribution < 1.29 is 9.47 Å². The van der Waals surface area contributed by atoms with Crippen LogP contribution in [-0.4, -0.2) is 28.7 Å². The average Bonchev–Trinajstić information content (AvgIpc) is 2.99. The van der Waals surface area contributed by atoms with E-state index in [1.807, 2.05) is 13.8 Å². The molecule has 4 atom stereocenters. The molecule has 6 heteroatoms. The molecule has 1 fully saturated rings. The minimum absolute atomic E-state index is 0.0326. The van der Waals surface area contributed by atoms with Gasteiger partial charge >= 0.3 is 0 Å². The highest BCUT2D eigenvalue weighted by Gasteiger charge is 2.84. The monoisotopic (exact) mass is 356 g/mol. The number of hydrogen-bond donors (Lipinski definition) is 0. The summed E-state index contributed by atoms with van der Waals surface area (Å²) in [6.07, 6.45) is 4.93. The highest BCUT2D eigenvalue weighted by Crippen LogP contribution is 2.75. The molecule has 2 bridgehead atoms. The minimum atomic E-state index is -1.22. The summed E-state index contributed by atoms with van der Waals surface area (Å²) in [5, 5.41) is 0.716. The molecule has 2 nitrogen and oxygen atoms in total. The minimum Gasteiger partial charge on any atom is -0.346 e. The molecule has 3 aliphatic carbocycles. The van der Waals surface area contributed by atoms with E-state index >= 15 is 0 Å². The molecule has 0 aromatic rings. The molecular formula is C14H16Cl4O2. The van der Waals surface area contributed by atoms with E-state index in [2.05, 4.69) is 12.2 Å². The van der Waals surface area contributed by atoms with Gasteiger partial charge in [-0.15, -0.1) is 23.2 Å². The molecule has 3 aliphatic rings. The first-order valence-corrected chi connectivity index (χ1v) is 8.31. The maximum atomic E-state index is 6.96. The summed E-state index contributed by atoms with van der Waals surface area (Å²) in [7, 11) is 0. The summed E-state index contributed by atoms with van der Waals surface area (Å²) >= 11 is 26.8. The van der Waals surface area contributed by atoms with Gasteiger partial charge in [-0.1, -0.05) is 35.4 Å². The second-order valence-corrected chi connectivity index (χ2v) is 7.28. The molecule has 20 heavy (non-hydrogen) atoms. The third-order valence-corrected chi connectivity index (χ3v) is 7.29. The smallest absolute Gasteiger partial charge is 0.218 e. The number of fused-ring (bicyclic) bond motifs is 5. The fraction of sp³-hybridized carbons (Fsp3) is 0.714. The van der Waals surface area contributed by atoms with Crippen LogP contribution in [0.3, 0.4) is 0 Å². The Morgan fingerprint density at radius 2 is 1.65 bits per heavy atom. The molecule has 3 rings (SSSR count). The van der Waals surface area contributed by atoms with Gasteiger partial charge in [0.25, 0.3) is 0 Å². The van der Waals surface area contributed by atoms with Gasteiger partial charge in [-0.3, -0.25) is 0 Å². The Morgan fingerprint density at radius 1 is 1.10 bits per heavy atom. The summed E-state index contributed by atoms with van der Waals surface area (Å²) in [6, 6.07) is 0. The maximum absolute atomic E-state index is 6.96. The van der Waals surface area contributed by atoms with Crippen molar-refractivity contribution in [2.45, 2.75) is 35.8 Å². The lowest BCUT2D eigenvalue weighted by Crippen LogP contribution is -2.58. The highest BCUT2D eigenvalue weighted by atomic mass is 35.5. The van der Waals surface area contributed by atoms with Crippen LogP contribution in [0.2, 0.25) is 0 Å². The van der Waals surface area contributed by atoms with Gasteiger partial charge < -0.3 is 9.47 Å². The van der Waals surface area contributed by atoms with Crippen LogP contribution in [0.5, 0.6) is 0 Å². The standard InChI is InChI=1S/C14H16Cl4O2/c1-3-19-14(20-4-2)12(17)8-6-5-7-9(8)13(14,18)11(16)10(12)15/h5-6,8-9H,3-4,7H2,1-2H3/t8-,9-,12-,13-/m0/s1. The Kier molecular flexibility index (Phi) is 3.69. The van der Waals surface area contributed by atoms with Gasteiger partial charge in [0.1, 0.15) is 9.75 Å².